The lowest BCUT2D eigenvalue weighted by Gasteiger charge is -2.42. The van der Waals surface area contributed by atoms with E-state index in [1.54, 1.807) is 12.0 Å². The van der Waals surface area contributed by atoms with E-state index in [2.05, 4.69) is 44.8 Å². The first-order valence-electron chi connectivity index (χ1n) is 16.1. The number of likely N-dealkylation sites (tertiary alicyclic amines) is 2. The van der Waals surface area contributed by atoms with Crippen molar-refractivity contribution in [1.29, 1.82) is 5.26 Å². The van der Waals surface area contributed by atoms with Crippen LogP contribution in [0.5, 0.6) is 5.75 Å². The Labute approximate surface area is 285 Å². The molecule has 2 aliphatic rings. The van der Waals surface area contributed by atoms with Crippen molar-refractivity contribution in [3.63, 3.8) is 0 Å². The van der Waals surface area contributed by atoms with Crippen LogP contribution in [0.2, 0.25) is 0 Å². The van der Waals surface area contributed by atoms with E-state index in [0.29, 0.717) is 57.0 Å². The molecular weight excluding hydrogens is 630 g/mol. The molecule has 11 nitrogen and oxygen atoms in total. The van der Waals surface area contributed by atoms with Crippen LogP contribution in [0.1, 0.15) is 47.7 Å². The topological polar surface area (TPSA) is 147 Å². The summed E-state index contributed by atoms with van der Waals surface area (Å²) in [6, 6.07) is 26.4. The van der Waals surface area contributed by atoms with Gasteiger partial charge < -0.3 is 19.9 Å². The number of aromatic amines is 2. The summed E-state index contributed by atoms with van der Waals surface area (Å²) in [4.78, 5) is 44.1. The molecule has 3 heterocycles. The van der Waals surface area contributed by atoms with Gasteiger partial charge in [0.05, 0.1) is 25.2 Å². The Morgan fingerprint density at radius 2 is 1.69 bits per heavy atom. The lowest BCUT2D eigenvalue weighted by Crippen LogP contribution is -2.52. The van der Waals surface area contributed by atoms with Crippen LogP contribution >= 0.6 is 12.4 Å². The average molecular weight is 670 g/mol. The van der Waals surface area contributed by atoms with E-state index in [1.165, 1.54) is 5.56 Å². The Bertz CT molecular complexity index is 1790. The Balaban J connectivity index is 0.00000451. The second-order valence-corrected chi connectivity index (χ2v) is 12.2. The number of aromatic nitrogens is 3. The van der Waals surface area contributed by atoms with Crippen molar-refractivity contribution in [2.45, 2.75) is 44.2 Å². The number of H-pyrrole nitrogens is 2. The number of ether oxygens (including phenoxy) is 1. The molecule has 0 unspecified atom stereocenters. The van der Waals surface area contributed by atoms with Crippen molar-refractivity contribution in [3.8, 4) is 22.9 Å². The fourth-order valence-corrected chi connectivity index (χ4v) is 6.79. The Morgan fingerprint density at radius 1 is 0.979 bits per heavy atom. The number of piperidine rings is 2. The van der Waals surface area contributed by atoms with Gasteiger partial charge in [0, 0.05) is 56.2 Å². The molecule has 0 saturated carbocycles. The molecule has 0 spiro atoms. The molecular formula is C36H40ClN7O4. The summed E-state index contributed by atoms with van der Waals surface area (Å²) in [6.07, 6.45) is 2.07. The number of halogens is 1. The van der Waals surface area contributed by atoms with Gasteiger partial charge in [-0.3, -0.25) is 14.6 Å². The van der Waals surface area contributed by atoms with Crippen LogP contribution in [0.25, 0.3) is 11.1 Å². The highest BCUT2D eigenvalue weighted by Gasteiger charge is 2.36. The minimum atomic E-state index is -0.432. The fraction of sp³-hybridized carbons (Fsp3) is 0.361. The summed E-state index contributed by atoms with van der Waals surface area (Å²) >= 11 is 0. The monoisotopic (exact) mass is 669 g/mol. The number of carbonyl (C=O) groups excluding carboxylic acids is 2. The molecule has 6 rings (SSSR count). The van der Waals surface area contributed by atoms with Crippen LogP contribution < -0.4 is 15.7 Å². The van der Waals surface area contributed by atoms with Crippen LogP contribution in [0.3, 0.4) is 0 Å². The third-order valence-corrected chi connectivity index (χ3v) is 9.40. The largest absolute Gasteiger partial charge is 0.496 e. The second kappa shape index (κ2) is 15.8. The zero-order chi connectivity index (χ0) is 32.8. The predicted octanol–water partition coefficient (Wildman–Crippen LogP) is 4.02. The number of rotatable bonds is 9. The summed E-state index contributed by atoms with van der Waals surface area (Å²) in [7, 11) is 1.68. The van der Waals surface area contributed by atoms with Crippen LogP contribution in [-0.4, -0.2) is 76.1 Å². The molecule has 2 saturated heterocycles. The minimum absolute atomic E-state index is 0. The number of nitriles is 1. The molecule has 2 fully saturated rings. The van der Waals surface area contributed by atoms with E-state index in [0.717, 1.165) is 28.9 Å². The highest BCUT2D eigenvalue weighted by Crippen LogP contribution is 2.32. The van der Waals surface area contributed by atoms with Crippen molar-refractivity contribution in [1.82, 2.24) is 30.3 Å². The van der Waals surface area contributed by atoms with Crippen molar-refractivity contribution in [3.05, 3.63) is 106 Å². The van der Waals surface area contributed by atoms with Gasteiger partial charge in [0.1, 0.15) is 11.6 Å². The van der Waals surface area contributed by atoms with Gasteiger partial charge in [0.15, 0.2) is 0 Å². The van der Waals surface area contributed by atoms with Gasteiger partial charge in [-0.1, -0.05) is 48.5 Å². The number of carbonyl (C=O) groups is 2. The lowest BCUT2D eigenvalue weighted by atomic mass is 9.84. The maximum atomic E-state index is 13.8. The minimum Gasteiger partial charge on any atom is -0.496 e. The maximum absolute atomic E-state index is 13.8. The molecule has 48 heavy (non-hydrogen) atoms. The van der Waals surface area contributed by atoms with Crippen molar-refractivity contribution >= 4 is 24.2 Å². The van der Waals surface area contributed by atoms with E-state index in [1.807, 2.05) is 59.5 Å². The molecule has 3 aromatic carbocycles. The van der Waals surface area contributed by atoms with Gasteiger partial charge in [0.2, 0.25) is 11.8 Å². The SMILES string of the molecule is COc1ccc(-c2ccc(C#N)cc2)cc1CN[C@H]1CCN(C(=O)C2CCN(C(=O)Cc3n[nH]c(=O)[nH]3)CC2)C[C@H]1c1ccccc1.Cl. The second-order valence-electron chi connectivity index (χ2n) is 12.2. The molecule has 2 amide bonds. The van der Waals surface area contributed by atoms with Crippen LogP contribution in [0, 0.1) is 17.2 Å². The molecule has 0 aliphatic carbocycles. The van der Waals surface area contributed by atoms with Crippen LogP contribution in [-0.2, 0) is 22.6 Å². The fourth-order valence-electron chi connectivity index (χ4n) is 6.79. The summed E-state index contributed by atoms with van der Waals surface area (Å²) in [5.74, 6) is 1.16. The zero-order valence-corrected chi connectivity index (χ0v) is 27.7. The quantitative estimate of drug-likeness (QED) is 0.244. The highest BCUT2D eigenvalue weighted by atomic mass is 35.5. The first-order chi connectivity index (χ1) is 22.9. The standard InChI is InChI=1S/C36H39N7O4.ClH/c1-47-32-12-11-28(25-9-7-24(21-37)8-10-25)19-29(32)22-38-31-15-18-43(23-30(31)26-5-3-2-4-6-26)35(45)27-13-16-42(17-14-27)34(44)20-33-39-36(46)41-40-33;/h2-12,19,27,30-31,38H,13-18,20,22-23H2,1H3,(H2,39,40,41,46);1H/t30-,31-;/m0./s1. The van der Waals surface area contributed by atoms with Gasteiger partial charge in [-0.25, -0.2) is 9.89 Å². The molecule has 3 N–H and O–H groups in total. The van der Waals surface area contributed by atoms with E-state index in [-0.39, 0.29) is 48.5 Å². The summed E-state index contributed by atoms with van der Waals surface area (Å²) in [5.41, 5.74) is 4.51. The van der Waals surface area contributed by atoms with E-state index in [4.69, 9.17) is 4.74 Å². The molecule has 4 aromatic rings. The number of nitrogens with zero attached hydrogens (tertiary/aromatic N) is 4. The number of hydrogen-bond acceptors (Lipinski definition) is 7. The molecule has 2 aliphatic heterocycles. The summed E-state index contributed by atoms with van der Waals surface area (Å²) in [6.45, 7) is 2.90. The molecule has 0 radical (unpaired) electrons. The van der Waals surface area contributed by atoms with Gasteiger partial charge >= 0.3 is 5.69 Å². The zero-order valence-electron chi connectivity index (χ0n) is 26.9. The smallest absolute Gasteiger partial charge is 0.340 e. The number of hydrogen-bond donors (Lipinski definition) is 3. The molecule has 2 atom stereocenters. The Hall–Kier alpha value is -4.92. The van der Waals surface area contributed by atoms with Crippen LogP contribution in [0.4, 0.5) is 0 Å². The van der Waals surface area contributed by atoms with Crippen molar-refractivity contribution in [2.24, 2.45) is 5.92 Å². The number of methoxy groups -OCH3 is 1. The third kappa shape index (κ3) is 7.95. The molecule has 250 valence electrons. The van der Waals surface area contributed by atoms with Gasteiger partial charge in [-0.15, -0.1) is 12.4 Å². The predicted molar refractivity (Wildman–Crippen MR) is 184 cm³/mol. The van der Waals surface area contributed by atoms with Gasteiger partial charge in [-0.2, -0.15) is 10.4 Å². The third-order valence-electron chi connectivity index (χ3n) is 9.40. The highest BCUT2D eigenvalue weighted by molar-refractivity contribution is 5.85. The maximum Gasteiger partial charge on any atom is 0.340 e. The van der Waals surface area contributed by atoms with Crippen molar-refractivity contribution in [2.75, 3.05) is 33.3 Å². The molecule has 12 heteroatoms. The first kappa shape index (κ1) is 34.4. The Kier molecular flexibility index (Phi) is 11.3. The van der Waals surface area contributed by atoms with Crippen LogP contribution in [0.15, 0.2) is 77.6 Å². The van der Waals surface area contributed by atoms with Gasteiger partial charge in [0.25, 0.3) is 0 Å². The van der Waals surface area contributed by atoms with E-state index >= 15 is 0 Å². The average Bonchev–Trinajstić information content (AvgIpc) is 3.54. The molecule has 1 aromatic heterocycles. The lowest BCUT2D eigenvalue weighted by molar-refractivity contribution is -0.141. The normalized spacial score (nSPS) is 18.1. The van der Waals surface area contributed by atoms with Crippen molar-refractivity contribution < 1.29 is 14.3 Å². The molecule has 0 bridgehead atoms. The van der Waals surface area contributed by atoms with E-state index < -0.39 is 5.69 Å². The number of nitrogens with one attached hydrogen (secondary N) is 3. The van der Waals surface area contributed by atoms with Gasteiger partial charge in [-0.05, 0) is 60.2 Å². The number of amides is 2. The summed E-state index contributed by atoms with van der Waals surface area (Å²) < 4.78 is 5.71. The first-order valence-corrected chi connectivity index (χ1v) is 16.1. The Morgan fingerprint density at radius 3 is 2.35 bits per heavy atom. The summed E-state index contributed by atoms with van der Waals surface area (Å²) in [5, 5.41) is 19.1. The number of benzene rings is 3. The van der Waals surface area contributed by atoms with E-state index in [9.17, 15) is 19.6 Å².